The lowest BCUT2D eigenvalue weighted by Crippen LogP contribution is -2.47. The summed E-state index contributed by atoms with van der Waals surface area (Å²) < 4.78 is 14.2. The maximum atomic E-state index is 13.3. The van der Waals surface area contributed by atoms with Gasteiger partial charge in [-0.25, -0.2) is 9.67 Å². The van der Waals surface area contributed by atoms with E-state index in [1.807, 2.05) is 24.3 Å². The fourth-order valence-electron chi connectivity index (χ4n) is 6.56. The third-order valence-corrected chi connectivity index (χ3v) is 10.2. The van der Waals surface area contributed by atoms with Gasteiger partial charge in [0.15, 0.2) is 5.82 Å². The third kappa shape index (κ3) is 8.39. The van der Waals surface area contributed by atoms with Crippen molar-refractivity contribution in [3.8, 4) is 0 Å². The van der Waals surface area contributed by atoms with Crippen LogP contribution in [0.4, 0.5) is 0 Å². The Morgan fingerprint density at radius 1 is 0.843 bits per heavy atom. The summed E-state index contributed by atoms with van der Waals surface area (Å²) in [6, 6.07) is 34.5. The quantitative estimate of drug-likeness (QED) is 0.0522. The van der Waals surface area contributed by atoms with Crippen molar-refractivity contribution in [2.45, 2.75) is 89.1 Å². The number of benzene rings is 3. The van der Waals surface area contributed by atoms with E-state index >= 15 is 0 Å². The molecule has 1 fully saturated rings. The molecule has 0 aliphatic carbocycles. The summed E-state index contributed by atoms with van der Waals surface area (Å²) in [5, 5.41) is 20.3. The Morgan fingerprint density at radius 3 is 1.94 bits per heavy atom. The zero-order chi connectivity index (χ0) is 35.9. The van der Waals surface area contributed by atoms with E-state index < -0.39 is 5.54 Å². The molecule has 1 saturated heterocycles. The zero-order valence-electron chi connectivity index (χ0n) is 29.6. The highest BCUT2D eigenvalue weighted by Gasteiger charge is 2.50. The second-order valence-corrected chi connectivity index (χ2v) is 14.4. The van der Waals surface area contributed by atoms with E-state index in [-0.39, 0.29) is 36.8 Å². The summed E-state index contributed by atoms with van der Waals surface area (Å²) in [5.41, 5.74) is 2.50. The maximum Gasteiger partial charge on any atom is 0.457 e. The number of carbonyl (C=O) groups excluding carboxylic acids is 1. The first-order valence-corrected chi connectivity index (χ1v) is 17.9. The van der Waals surface area contributed by atoms with Crippen LogP contribution in [0.2, 0.25) is 11.5 Å². The lowest BCUT2D eigenvalue weighted by Gasteiger charge is -2.40. The molecule has 5 aromatic rings. The van der Waals surface area contributed by atoms with Crippen molar-refractivity contribution >= 4 is 24.6 Å². The van der Waals surface area contributed by atoms with E-state index in [1.165, 1.54) is 0 Å². The summed E-state index contributed by atoms with van der Waals surface area (Å²) >= 11 is 5.94. The number of nitrogens with one attached hydrogen (secondary N) is 2. The van der Waals surface area contributed by atoms with E-state index in [0.29, 0.717) is 23.9 Å². The number of carbonyl (C=O) groups is 1. The molecule has 2 aromatic heterocycles. The molecule has 3 aromatic carbocycles. The van der Waals surface area contributed by atoms with Crippen molar-refractivity contribution < 1.29 is 14.1 Å². The van der Waals surface area contributed by atoms with Crippen LogP contribution in [0.5, 0.6) is 0 Å². The third-order valence-electron chi connectivity index (χ3n) is 9.94. The molecule has 0 radical (unpaired) electrons. The fraction of sp³-hybridized carbons (Fsp3) is 0.359. The topological polar surface area (TPSA) is 116 Å². The lowest BCUT2D eigenvalue weighted by atomic mass is 9.76. The van der Waals surface area contributed by atoms with E-state index in [1.54, 1.807) is 16.9 Å². The van der Waals surface area contributed by atoms with Gasteiger partial charge < -0.3 is 14.6 Å². The summed E-state index contributed by atoms with van der Waals surface area (Å²) in [5.74, 6) is 0.347. The Labute approximate surface area is 305 Å². The fourth-order valence-corrected chi connectivity index (χ4v) is 6.67. The van der Waals surface area contributed by atoms with Crippen LogP contribution in [0.15, 0.2) is 109 Å². The van der Waals surface area contributed by atoms with Crippen LogP contribution < -0.4 is 10.6 Å². The summed E-state index contributed by atoms with van der Waals surface area (Å²) in [6.07, 6.45) is 4.78. The predicted octanol–water partition coefficient (Wildman–Crippen LogP) is 6.92. The van der Waals surface area contributed by atoms with Crippen molar-refractivity contribution in [2.75, 3.05) is 0 Å². The van der Waals surface area contributed by atoms with Gasteiger partial charge in [0.25, 0.3) is 0 Å². The summed E-state index contributed by atoms with van der Waals surface area (Å²) in [7, 11) is -0.275. The number of tetrazole rings is 1. The number of hydrogen-bond donors (Lipinski definition) is 2. The molecule has 51 heavy (non-hydrogen) atoms. The molecule has 12 heteroatoms. The number of hydrogen-bond acceptors (Lipinski definition) is 8. The predicted molar refractivity (Wildman–Crippen MR) is 199 cm³/mol. The molecule has 0 spiro atoms. The van der Waals surface area contributed by atoms with Crippen LogP contribution in [-0.2, 0) is 32.7 Å². The number of aromatic nitrogens is 5. The molecule has 0 saturated carbocycles. The second kappa shape index (κ2) is 15.9. The van der Waals surface area contributed by atoms with Crippen molar-refractivity contribution in [1.82, 2.24) is 35.8 Å². The summed E-state index contributed by atoms with van der Waals surface area (Å²) in [6.45, 7) is 8.55. The van der Waals surface area contributed by atoms with Gasteiger partial charge in [-0.15, -0.1) is 5.10 Å². The van der Waals surface area contributed by atoms with Crippen LogP contribution in [0, 0.1) is 0 Å². The molecule has 1 atom stereocenters. The van der Waals surface area contributed by atoms with Gasteiger partial charge in [0.1, 0.15) is 11.7 Å². The van der Waals surface area contributed by atoms with Crippen molar-refractivity contribution in [1.29, 1.82) is 0 Å². The van der Waals surface area contributed by atoms with Crippen LogP contribution >= 0.6 is 11.6 Å². The van der Waals surface area contributed by atoms with Crippen molar-refractivity contribution in [2.24, 2.45) is 0 Å². The number of halogens is 1. The van der Waals surface area contributed by atoms with Crippen molar-refractivity contribution in [3.63, 3.8) is 0 Å². The molecule has 6 rings (SSSR count). The van der Waals surface area contributed by atoms with Crippen LogP contribution in [0.25, 0.3) is 0 Å². The molecule has 264 valence electrons. The first kappa shape index (κ1) is 36.4. The maximum absolute atomic E-state index is 13.3. The first-order chi connectivity index (χ1) is 24.6. The van der Waals surface area contributed by atoms with Crippen LogP contribution in [0.3, 0.4) is 0 Å². The molecule has 1 amide bonds. The average Bonchev–Trinajstić information content (AvgIpc) is 3.68. The van der Waals surface area contributed by atoms with Gasteiger partial charge in [0.05, 0.1) is 22.8 Å². The molecular formula is C39H45BClN7O3. The smallest absolute Gasteiger partial charge is 0.403 e. The molecule has 2 N–H and O–H groups in total. The van der Waals surface area contributed by atoms with E-state index in [4.69, 9.17) is 20.9 Å². The number of pyridine rings is 1. The highest BCUT2D eigenvalue weighted by Crippen LogP contribution is 2.41. The van der Waals surface area contributed by atoms with Gasteiger partial charge in [-0.05, 0) is 79.2 Å². The second-order valence-electron chi connectivity index (χ2n) is 14.0. The average molecular weight is 706 g/mol. The van der Waals surface area contributed by atoms with Gasteiger partial charge in [0, 0.05) is 12.7 Å². The Hall–Kier alpha value is -4.42. The molecule has 10 nitrogen and oxygen atoms in total. The van der Waals surface area contributed by atoms with Crippen LogP contribution in [-0.4, -0.2) is 49.4 Å². The lowest BCUT2D eigenvalue weighted by molar-refractivity contribution is -0.122. The molecule has 1 aliphatic rings. The number of nitrogens with zero attached hydrogens (tertiary/aromatic N) is 5. The largest absolute Gasteiger partial charge is 0.457 e. The highest BCUT2D eigenvalue weighted by atomic mass is 35.5. The van der Waals surface area contributed by atoms with Gasteiger partial charge in [-0.2, -0.15) is 0 Å². The Kier molecular flexibility index (Phi) is 11.3. The minimum atomic E-state index is -0.777. The first-order valence-electron chi connectivity index (χ1n) is 17.5. The van der Waals surface area contributed by atoms with Crippen molar-refractivity contribution in [3.05, 3.63) is 143 Å². The Morgan fingerprint density at radius 2 is 1.41 bits per heavy atom. The summed E-state index contributed by atoms with van der Waals surface area (Å²) in [4.78, 5) is 17.4. The van der Waals surface area contributed by atoms with Gasteiger partial charge in [-0.1, -0.05) is 122 Å². The zero-order valence-corrected chi connectivity index (χ0v) is 30.4. The van der Waals surface area contributed by atoms with Crippen LogP contribution in [0.1, 0.15) is 81.1 Å². The normalized spacial score (nSPS) is 15.8. The standard InChI is InChI=1S/C39H45BClN7O3/c1-37(2)38(3,4)51-40(50-37)25-15-14-22-33(36-45-46-47-48(36)28-35(49)43-27-29-23-24-34(41)42-26-29)44-39(30-16-8-5-9-17-30,31-18-10-6-11-19-31)32-20-12-7-13-21-32/h5-13,16-21,23-24,26,33,44H,14-15,22,25,27-28H2,1-4H3,(H,43,49). The minimum Gasteiger partial charge on any atom is -0.403 e. The SMILES string of the molecule is CC1(C)OB(CCCCC(NC(c2ccccc2)(c2ccccc2)c2ccccc2)c2nnnn2CC(=O)NCc2ccc(Cl)nc2)OC1(C)C. The molecule has 1 unspecified atom stereocenters. The number of unbranched alkanes of at least 4 members (excludes halogenated alkanes) is 1. The monoisotopic (exact) mass is 705 g/mol. The minimum absolute atomic E-state index is 0.0511. The van der Waals surface area contributed by atoms with E-state index in [2.05, 4.69) is 132 Å². The van der Waals surface area contributed by atoms with Gasteiger partial charge >= 0.3 is 7.12 Å². The molecule has 3 heterocycles. The Bertz CT molecular complexity index is 1750. The highest BCUT2D eigenvalue weighted by molar-refractivity contribution is 6.45. The van der Waals surface area contributed by atoms with E-state index in [9.17, 15) is 4.79 Å². The molecular weight excluding hydrogens is 661 g/mol. The van der Waals surface area contributed by atoms with Gasteiger partial charge in [-0.3, -0.25) is 10.1 Å². The number of amides is 1. The molecule has 1 aliphatic heterocycles. The number of rotatable bonds is 15. The Balaban J connectivity index is 1.31. The van der Waals surface area contributed by atoms with E-state index in [0.717, 1.165) is 41.4 Å². The molecule has 0 bridgehead atoms. The van der Waals surface area contributed by atoms with Gasteiger partial charge in [0.2, 0.25) is 5.91 Å².